The van der Waals surface area contributed by atoms with Crippen molar-refractivity contribution in [2.75, 3.05) is 31.5 Å². The van der Waals surface area contributed by atoms with Crippen LogP contribution in [0.2, 0.25) is 0 Å². The summed E-state index contributed by atoms with van der Waals surface area (Å²) in [4.78, 5) is 29.6. The first-order valence-electron chi connectivity index (χ1n) is 10.0. The van der Waals surface area contributed by atoms with Crippen LogP contribution in [0.15, 0.2) is 30.3 Å². The molecule has 0 saturated carbocycles. The number of nitrogens with zero attached hydrogens (tertiary/aromatic N) is 2. The summed E-state index contributed by atoms with van der Waals surface area (Å²) in [7, 11) is 0. The van der Waals surface area contributed by atoms with Crippen molar-refractivity contribution in [3.8, 4) is 0 Å². The number of hydrogen-bond acceptors (Lipinski definition) is 3. The van der Waals surface area contributed by atoms with Crippen LogP contribution in [0.25, 0.3) is 0 Å². The number of anilines is 1. The van der Waals surface area contributed by atoms with E-state index in [0.29, 0.717) is 0 Å². The van der Waals surface area contributed by atoms with Gasteiger partial charge in [-0.15, -0.1) is 0 Å². The molecule has 0 spiro atoms. The van der Waals surface area contributed by atoms with Crippen LogP contribution < -0.4 is 5.32 Å². The first-order chi connectivity index (χ1) is 12.6. The third kappa shape index (κ3) is 4.85. The Morgan fingerprint density at radius 2 is 1.58 bits per heavy atom. The average molecular weight is 357 g/mol. The van der Waals surface area contributed by atoms with Crippen molar-refractivity contribution in [2.24, 2.45) is 5.92 Å². The summed E-state index contributed by atoms with van der Waals surface area (Å²) in [5, 5.41) is 3.00. The van der Waals surface area contributed by atoms with Gasteiger partial charge in [0.05, 0.1) is 6.04 Å². The zero-order valence-corrected chi connectivity index (χ0v) is 15.8. The molecule has 2 saturated heterocycles. The summed E-state index contributed by atoms with van der Waals surface area (Å²) in [6.45, 7) is 5.46. The fraction of sp³-hybridized carbons (Fsp3) is 0.619. The Morgan fingerprint density at radius 1 is 0.962 bits per heavy atom. The van der Waals surface area contributed by atoms with Crippen molar-refractivity contribution in [3.63, 3.8) is 0 Å². The minimum absolute atomic E-state index is 0.0342. The lowest BCUT2D eigenvalue weighted by Gasteiger charge is -2.36. The minimum atomic E-state index is -0.0776. The molecule has 2 aliphatic heterocycles. The number of amides is 2. The standard InChI is InChI=1S/C21H31N3O2/c1-17(21(26)24-13-7-2-3-8-14-24)23-15-11-18(12-16-23)20(25)22-19-9-5-4-6-10-19/h4-6,9-10,17-18H,2-3,7-8,11-16H2,1H3,(H,22,25). The van der Waals surface area contributed by atoms with E-state index in [1.54, 1.807) is 0 Å². The first-order valence-corrected chi connectivity index (χ1v) is 10.0. The number of benzene rings is 1. The van der Waals surface area contributed by atoms with E-state index in [0.717, 1.165) is 57.5 Å². The molecular formula is C21H31N3O2. The van der Waals surface area contributed by atoms with Gasteiger partial charge in [0.15, 0.2) is 0 Å². The highest BCUT2D eigenvalue weighted by Gasteiger charge is 2.31. The van der Waals surface area contributed by atoms with E-state index in [9.17, 15) is 9.59 Å². The number of carbonyl (C=O) groups excluding carboxylic acids is 2. The summed E-state index contributed by atoms with van der Waals surface area (Å²) in [6, 6.07) is 9.54. The molecule has 1 aromatic carbocycles. The molecule has 1 atom stereocenters. The van der Waals surface area contributed by atoms with Gasteiger partial charge in [0, 0.05) is 24.7 Å². The molecule has 2 amide bonds. The molecule has 2 heterocycles. The second-order valence-corrected chi connectivity index (χ2v) is 7.58. The van der Waals surface area contributed by atoms with Gasteiger partial charge < -0.3 is 10.2 Å². The van der Waals surface area contributed by atoms with E-state index in [1.807, 2.05) is 42.2 Å². The molecule has 0 bridgehead atoms. The molecule has 142 valence electrons. The lowest BCUT2D eigenvalue weighted by atomic mass is 9.94. The molecule has 1 unspecified atom stereocenters. The third-order valence-electron chi connectivity index (χ3n) is 5.76. The molecule has 5 nitrogen and oxygen atoms in total. The smallest absolute Gasteiger partial charge is 0.239 e. The molecule has 2 aliphatic rings. The second kappa shape index (κ2) is 9.17. The van der Waals surface area contributed by atoms with Gasteiger partial charge in [-0.05, 0) is 57.8 Å². The number of likely N-dealkylation sites (tertiary alicyclic amines) is 2. The van der Waals surface area contributed by atoms with Crippen molar-refractivity contribution in [3.05, 3.63) is 30.3 Å². The molecule has 2 fully saturated rings. The number of para-hydroxylation sites is 1. The maximum Gasteiger partial charge on any atom is 0.239 e. The summed E-state index contributed by atoms with van der Waals surface area (Å²) in [5.74, 6) is 0.397. The number of nitrogens with one attached hydrogen (secondary N) is 1. The molecule has 5 heteroatoms. The number of rotatable bonds is 4. The Morgan fingerprint density at radius 3 is 2.19 bits per heavy atom. The zero-order chi connectivity index (χ0) is 18.4. The van der Waals surface area contributed by atoms with E-state index in [4.69, 9.17) is 0 Å². The van der Waals surface area contributed by atoms with Gasteiger partial charge in [0.25, 0.3) is 0 Å². The Balaban J connectivity index is 1.48. The number of carbonyl (C=O) groups is 2. The van der Waals surface area contributed by atoms with Gasteiger partial charge in [-0.3, -0.25) is 14.5 Å². The van der Waals surface area contributed by atoms with Crippen molar-refractivity contribution in [1.29, 1.82) is 0 Å². The Bertz CT molecular complexity index is 589. The molecule has 0 radical (unpaired) electrons. The van der Waals surface area contributed by atoms with E-state index in [2.05, 4.69) is 10.2 Å². The average Bonchev–Trinajstić information content (AvgIpc) is 2.97. The van der Waals surface area contributed by atoms with Crippen molar-refractivity contribution in [2.45, 2.75) is 51.5 Å². The van der Waals surface area contributed by atoms with Gasteiger partial charge in [0.2, 0.25) is 11.8 Å². The predicted octanol–water partition coefficient (Wildman–Crippen LogP) is 3.13. The highest BCUT2D eigenvalue weighted by atomic mass is 16.2. The minimum Gasteiger partial charge on any atom is -0.341 e. The highest BCUT2D eigenvalue weighted by Crippen LogP contribution is 2.22. The molecule has 3 rings (SSSR count). The zero-order valence-electron chi connectivity index (χ0n) is 15.8. The van der Waals surface area contributed by atoms with Gasteiger partial charge in [-0.2, -0.15) is 0 Å². The lowest BCUT2D eigenvalue weighted by Crippen LogP contribution is -2.50. The maximum absolute atomic E-state index is 12.8. The van der Waals surface area contributed by atoms with Gasteiger partial charge in [-0.25, -0.2) is 0 Å². The Hall–Kier alpha value is -1.88. The van der Waals surface area contributed by atoms with Crippen molar-refractivity contribution >= 4 is 17.5 Å². The largest absolute Gasteiger partial charge is 0.341 e. The normalized spacial score (nSPS) is 21.0. The van der Waals surface area contributed by atoms with Crippen LogP contribution in [0.5, 0.6) is 0 Å². The predicted molar refractivity (Wildman–Crippen MR) is 104 cm³/mol. The van der Waals surface area contributed by atoms with E-state index < -0.39 is 0 Å². The fourth-order valence-electron chi connectivity index (χ4n) is 4.03. The number of piperidine rings is 1. The lowest BCUT2D eigenvalue weighted by molar-refractivity contribution is -0.137. The summed E-state index contributed by atoms with van der Waals surface area (Å²) < 4.78 is 0. The van der Waals surface area contributed by atoms with Crippen molar-refractivity contribution in [1.82, 2.24) is 9.80 Å². The van der Waals surface area contributed by atoms with Crippen LogP contribution in [0, 0.1) is 5.92 Å². The van der Waals surface area contributed by atoms with Crippen LogP contribution >= 0.6 is 0 Å². The van der Waals surface area contributed by atoms with E-state index >= 15 is 0 Å². The Kier molecular flexibility index (Phi) is 6.67. The topological polar surface area (TPSA) is 52.7 Å². The number of hydrogen-bond donors (Lipinski definition) is 1. The molecule has 1 N–H and O–H groups in total. The van der Waals surface area contributed by atoms with Crippen LogP contribution in [0.3, 0.4) is 0 Å². The van der Waals surface area contributed by atoms with Gasteiger partial charge in [0.1, 0.15) is 0 Å². The van der Waals surface area contributed by atoms with Crippen LogP contribution in [-0.2, 0) is 9.59 Å². The second-order valence-electron chi connectivity index (χ2n) is 7.58. The summed E-state index contributed by atoms with van der Waals surface area (Å²) in [5.41, 5.74) is 0.852. The third-order valence-corrected chi connectivity index (χ3v) is 5.76. The molecular weight excluding hydrogens is 326 g/mol. The maximum atomic E-state index is 12.8. The fourth-order valence-corrected chi connectivity index (χ4v) is 4.03. The van der Waals surface area contributed by atoms with Gasteiger partial charge >= 0.3 is 0 Å². The van der Waals surface area contributed by atoms with Crippen LogP contribution in [0.4, 0.5) is 5.69 Å². The highest BCUT2D eigenvalue weighted by molar-refractivity contribution is 5.92. The van der Waals surface area contributed by atoms with Crippen molar-refractivity contribution < 1.29 is 9.59 Å². The molecule has 26 heavy (non-hydrogen) atoms. The summed E-state index contributed by atoms with van der Waals surface area (Å²) >= 11 is 0. The first kappa shape index (κ1) is 18.9. The van der Waals surface area contributed by atoms with E-state index in [1.165, 1.54) is 12.8 Å². The molecule has 1 aromatic rings. The summed E-state index contributed by atoms with van der Waals surface area (Å²) in [6.07, 6.45) is 6.35. The van der Waals surface area contributed by atoms with E-state index in [-0.39, 0.29) is 23.8 Å². The van der Waals surface area contributed by atoms with Gasteiger partial charge in [-0.1, -0.05) is 31.0 Å². The SMILES string of the molecule is CC(C(=O)N1CCCCCC1)N1CCC(C(=O)Nc2ccccc2)CC1. The Labute approximate surface area is 156 Å². The monoisotopic (exact) mass is 357 g/mol. The quantitative estimate of drug-likeness (QED) is 0.901. The molecule has 0 aromatic heterocycles. The van der Waals surface area contributed by atoms with Crippen LogP contribution in [-0.4, -0.2) is 53.8 Å². The van der Waals surface area contributed by atoms with Crippen LogP contribution in [0.1, 0.15) is 45.4 Å². The molecule has 0 aliphatic carbocycles.